The average Bonchev–Trinajstić information content (AvgIpc) is 3.20. The van der Waals surface area contributed by atoms with E-state index in [2.05, 4.69) is 25.8 Å². The quantitative estimate of drug-likeness (QED) is 0.0240. The second-order valence-corrected chi connectivity index (χ2v) is 17.3. The zero-order valence-electron chi connectivity index (χ0n) is 34.5. The van der Waals surface area contributed by atoms with Gasteiger partial charge in [0.15, 0.2) is 0 Å². The van der Waals surface area contributed by atoms with Crippen LogP contribution in [0.4, 0.5) is 0 Å². The molecule has 6 rings (SSSR count). The number of rotatable bonds is 14. The van der Waals surface area contributed by atoms with Crippen molar-refractivity contribution in [1.82, 2.24) is 0 Å². The minimum Gasteiger partial charge on any atom is -0.870 e. The van der Waals surface area contributed by atoms with Gasteiger partial charge in [-0.25, -0.2) is 0 Å². The number of nitrogens with one attached hydrogen (secondary N) is 1. The van der Waals surface area contributed by atoms with Crippen molar-refractivity contribution >= 4 is 35.5 Å². The van der Waals surface area contributed by atoms with E-state index in [4.69, 9.17) is 15.7 Å². The van der Waals surface area contributed by atoms with Crippen LogP contribution in [-0.4, -0.2) is 61.6 Å². The number of hydrogen-bond donors (Lipinski definition) is 6. The molecule has 9 N–H and O–H groups in total. The van der Waals surface area contributed by atoms with Gasteiger partial charge in [0.1, 0.15) is 23.0 Å². The van der Waals surface area contributed by atoms with Gasteiger partial charge in [0, 0.05) is 45.0 Å². The van der Waals surface area contributed by atoms with Gasteiger partial charge in [-0.3, -0.25) is 9.59 Å². The van der Waals surface area contributed by atoms with Crippen LogP contribution < -0.4 is 35.4 Å². The molecule has 0 bridgehead atoms. The summed E-state index contributed by atoms with van der Waals surface area (Å²) in [6.45, 7) is 4.56. The Morgan fingerprint density at radius 2 is 1.02 bits per heavy atom. The fraction of sp³-hybridized carbons (Fsp3) is 0.422. The number of thioether (sulfide) groups is 2. The zero-order chi connectivity index (χ0) is 41.6. The normalized spacial score (nSPS) is 20.0. The van der Waals surface area contributed by atoms with Gasteiger partial charge in [-0.1, -0.05) is 75.9 Å². The summed E-state index contributed by atoms with van der Waals surface area (Å²) < 4.78 is 4.72. The van der Waals surface area contributed by atoms with Crippen LogP contribution in [0.1, 0.15) is 112 Å². The maximum atomic E-state index is 11.3. The molecule has 0 radical (unpaired) electrons. The number of carbonyl (C=O) groups excluding carboxylic acids is 1. The molecule has 2 heterocycles. The monoisotopic (exact) mass is 857 g/mol. The molecule has 0 saturated carbocycles. The fourth-order valence-corrected chi connectivity index (χ4v) is 10.9. The summed E-state index contributed by atoms with van der Waals surface area (Å²) >= 11 is 3.54. The van der Waals surface area contributed by atoms with E-state index in [0.717, 1.165) is 66.2 Å². The number of nitrogens with two attached hydrogens (primary N) is 1. The molecular weight excluding hydrogens is 800 g/mol. The van der Waals surface area contributed by atoms with Gasteiger partial charge in [0.05, 0.1) is 7.11 Å². The maximum Gasteiger partial charge on any atom is 1.00 e. The van der Waals surface area contributed by atoms with E-state index in [1.165, 1.54) is 29.4 Å². The molecule has 4 atom stereocenters. The van der Waals surface area contributed by atoms with E-state index in [1.807, 2.05) is 42.5 Å². The minimum atomic E-state index is -0.737. The van der Waals surface area contributed by atoms with Gasteiger partial charge < -0.3 is 47.4 Å². The van der Waals surface area contributed by atoms with Crippen molar-refractivity contribution < 1.29 is 74.9 Å². The molecule has 0 fully saturated rings. The SMILES string of the molecule is COC(=O)CCCCC[C@@H]1c2ccc(O)cc2SC[C@]1(C)c1ccc(O)cc1.C[C@]1(c2ccc(O)cc2)CSc2cc(O)ccc2[C@H]1CCCCCC(=O)O.[NH-]N.[Na+].[OH-]. The van der Waals surface area contributed by atoms with Gasteiger partial charge >= 0.3 is 41.5 Å². The smallest absolute Gasteiger partial charge is 0.870 e. The Hall–Kier alpha value is -3.40. The number of hydrogen-bond acceptors (Lipinski definition) is 11. The van der Waals surface area contributed by atoms with Crippen molar-refractivity contribution in [3.63, 3.8) is 0 Å². The minimum absolute atomic E-state index is 0. The van der Waals surface area contributed by atoms with Crippen LogP contribution in [0.5, 0.6) is 23.0 Å². The Kier molecular flexibility index (Phi) is 21.7. The summed E-state index contributed by atoms with van der Waals surface area (Å²) in [7, 11) is 1.43. The molecule has 0 saturated heterocycles. The molecule has 4 aromatic rings. The van der Waals surface area contributed by atoms with Crippen LogP contribution in [0.2, 0.25) is 0 Å². The number of carboxylic acids is 1. The molecule has 0 aromatic heterocycles. The van der Waals surface area contributed by atoms with Crippen LogP contribution in [0.15, 0.2) is 94.7 Å². The van der Waals surface area contributed by atoms with E-state index in [0.29, 0.717) is 24.5 Å². The van der Waals surface area contributed by atoms with Gasteiger partial charge in [-0.2, -0.15) is 0 Å². The van der Waals surface area contributed by atoms with Gasteiger partial charge in [-0.05, 0) is 108 Å². The second-order valence-electron chi connectivity index (χ2n) is 15.2. The number of carbonyl (C=O) groups is 2. The first kappa shape index (κ1) is 51.7. The molecule has 0 amide bonds. The van der Waals surface area contributed by atoms with Crippen molar-refractivity contribution in [2.24, 2.45) is 5.84 Å². The van der Waals surface area contributed by atoms with Crippen molar-refractivity contribution in [1.29, 1.82) is 0 Å². The number of unbranched alkanes of at least 4 members (excludes halogenated alkanes) is 4. The van der Waals surface area contributed by atoms with E-state index >= 15 is 0 Å². The number of phenolic OH excluding ortho intramolecular Hbond substituents is 4. The third-order valence-corrected chi connectivity index (χ3v) is 14.2. The summed E-state index contributed by atoms with van der Waals surface area (Å²) in [5.41, 5.74) is 4.79. The van der Waals surface area contributed by atoms with Crippen molar-refractivity contribution in [2.75, 3.05) is 18.6 Å². The first-order valence-corrected chi connectivity index (χ1v) is 21.4. The van der Waals surface area contributed by atoms with Gasteiger partial charge in [-0.15, -0.1) is 23.5 Å². The molecule has 2 aliphatic heterocycles. The van der Waals surface area contributed by atoms with Crippen molar-refractivity contribution in [3.8, 4) is 23.0 Å². The maximum absolute atomic E-state index is 11.3. The van der Waals surface area contributed by atoms with Crippen molar-refractivity contribution in [2.45, 2.75) is 111 Å². The topological polar surface area (TPSA) is 224 Å². The van der Waals surface area contributed by atoms with Crippen LogP contribution in [0.25, 0.3) is 5.84 Å². The van der Waals surface area contributed by atoms with E-state index in [9.17, 15) is 30.0 Å². The van der Waals surface area contributed by atoms with Crippen molar-refractivity contribution in [3.05, 3.63) is 113 Å². The molecule has 0 aliphatic carbocycles. The standard InChI is InChI=1S/C23H28O4S.C22H26O4S.H3N2.Na.H2O/c1-23(16-8-10-17(24)11-9-16)15-28-21-14-18(25)12-13-19(21)20(23)6-4-3-5-7-22(26)27-2;1-22(15-7-9-16(23)10-8-15)14-27-20-13-17(24)11-12-18(20)19(22)5-3-2-4-6-21(25)26;1-2;;/h8-14,20,24-25H,3-7,15H2,1-2H3;7-13,19,23-24H,2-6,14H2,1H3,(H,25,26);1H,2H2;;1H2/q;;-1;+1;/p-1/t20-,23-;19-,22-;;;/m11.../s1. The number of carboxylic acid groups (broad SMARTS) is 1. The van der Waals surface area contributed by atoms with E-state index < -0.39 is 5.97 Å². The van der Waals surface area contributed by atoms with E-state index in [-0.39, 0.29) is 81.4 Å². The number of esters is 1. The molecule has 11 nitrogen and oxygen atoms in total. The molecular formula is C45H58N2NaO9S2-. The molecule has 14 heteroatoms. The predicted molar refractivity (Wildman–Crippen MR) is 230 cm³/mol. The largest absolute Gasteiger partial charge is 1.00 e. The summed E-state index contributed by atoms with van der Waals surface area (Å²) in [5.74, 6) is 11.7. The predicted octanol–water partition coefficient (Wildman–Crippen LogP) is 7.39. The number of ether oxygens (including phenoxy) is 1. The van der Waals surface area contributed by atoms with Crippen LogP contribution in [0.3, 0.4) is 0 Å². The number of aromatic hydroxyl groups is 4. The molecule has 2 aliphatic rings. The first-order chi connectivity index (χ1) is 27.3. The Balaban J connectivity index is 0.000000378. The van der Waals surface area contributed by atoms with Crippen LogP contribution >= 0.6 is 23.5 Å². The van der Waals surface area contributed by atoms with Crippen LogP contribution in [0, 0.1) is 0 Å². The molecule has 316 valence electrons. The Morgan fingerprint density at radius 1 is 0.644 bits per heavy atom. The van der Waals surface area contributed by atoms with E-state index in [1.54, 1.807) is 59.9 Å². The Bertz CT molecular complexity index is 1920. The number of benzene rings is 4. The van der Waals surface area contributed by atoms with Gasteiger partial charge in [0.25, 0.3) is 0 Å². The summed E-state index contributed by atoms with van der Waals surface area (Å²) in [6, 6.07) is 26.3. The average molecular weight is 858 g/mol. The molecule has 4 aromatic carbocycles. The second kappa shape index (κ2) is 24.8. The Labute approximate surface area is 378 Å². The van der Waals surface area contributed by atoms with Gasteiger partial charge in [0.2, 0.25) is 0 Å². The fourth-order valence-electron chi connectivity index (χ4n) is 8.11. The Morgan fingerprint density at radius 3 is 1.39 bits per heavy atom. The van der Waals surface area contributed by atoms with Crippen LogP contribution in [-0.2, 0) is 25.2 Å². The first-order valence-electron chi connectivity index (χ1n) is 19.4. The summed E-state index contributed by atoms with van der Waals surface area (Å²) in [6.07, 6.45) is 8.09. The molecule has 0 spiro atoms. The number of methoxy groups -OCH3 is 1. The third-order valence-electron chi connectivity index (χ3n) is 11.4. The zero-order valence-corrected chi connectivity index (χ0v) is 38.2. The summed E-state index contributed by atoms with van der Waals surface area (Å²) in [5, 5.41) is 47.9. The number of fused-ring (bicyclic) bond motifs is 2. The molecule has 59 heavy (non-hydrogen) atoms. The number of phenols is 4. The third kappa shape index (κ3) is 13.8. The number of aliphatic carboxylic acids is 1. The summed E-state index contributed by atoms with van der Waals surface area (Å²) in [4.78, 5) is 24.3. The molecule has 0 unspecified atom stereocenters.